The Morgan fingerprint density at radius 1 is 1.33 bits per heavy atom. The van der Waals surface area contributed by atoms with Gasteiger partial charge in [-0.3, -0.25) is 4.79 Å². The predicted molar refractivity (Wildman–Crippen MR) is 84.4 cm³/mol. The van der Waals surface area contributed by atoms with E-state index in [1.54, 1.807) is 11.9 Å². The molecule has 1 heterocycles. The average molecular weight is 365 g/mol. The highest BCUT2D eigenvalue weighted by Crippen LogP contribution is 2.27. The van der Waals surface area contributed by atoms with E-state index in [1.165, 1.54) is 25.1 Å². The third kappa shape index (κ3) is 5.26. The van der Waals surface area contributed by atoms with E-state index in [1.807, 2.05) is 0 Å². The minimum Gasteiger partial charge on any atom is -0.467 e. The molecule has 134 valence electrons. The first kappa shape index (κ1) is 18.8. The molecule has 0 atom stereocenters. The van der Waals surface area contributed by atoms with Crippen LogP contribution >= 0.6 is 11.6 Å². The van der Waals surface area contributed by atoms with Crippen molar-refractivity contribution in [3.8, 4) is 5.88 Å². The van der Waals surface area contributed by atoms with Crippen LogP contribution in [0, 0.1) is 0 Å². The highest BCUT2D eigenvalue weighted by molar-refractivity contribution is 6.32. The van der Waals surface area contributed by atoms with E-state index in [2.05, 4.69) is 9.72 Å². The third-order valence-electron chi connectivity index (χ3n) is 4.12. The molecule has 0 radical (unpaired) electrons. The summed E-state index contributed by atoms with van der Waals surface area (Å²) >= 11 is 5.89. The van der Waals surface area contributed by atoms with Crippen LogP contribution in [0.1, 0.15) is 48.9 Å². The summed E-state index contributed by atoms with van der Waals surface area (Å²) in [5.74, 6) is -0.568. The zero-order chi connectivity index (χ0) is 17.7. The fourth-order valence-electron chi connectivity index (χ4n) is 2.81. The van der Waals surface area contributed by atoms with Crippen LogP contribution < -0.4 is 4.74 Å². The van der Waals surface area contributed by atoms with Crippen molar-refractivity contribution in [3.63, 3.8) is 0 Å². The van der Waals surface area contributed by atoms with Gasteiger partial charge < -0.3 is 9.64 Å². The number of hydrogen-bond acceptors (Lipinski definition) is 3. The Morgan fingerprint density at radius 3 is 2.50 bits per heavy atom. The minimum atomic E-state index is -4.47. The fraction of sp³-hybridized carbons (Fsp3) is 0.625. The van der Waals surface area contributed by atoms with Crippen molar-refractivity contribution in [1.29, 1.82) is 0 Å². The number of pyridine rings is 1. The first-order valence-corrected chi connectivity index (χ1v) is 8.28. The molecule has 4 nitrogen and oxygen atoms in total. The summed E-state index contributed by atoms with van der Waals surface area (Å²) in [5, 5.41) is -0.112. The van der Waals surface area contributed by atoms with Crippen LogP contribution in [-0.2, 0) is 0 Å². The maximum absolute atomic E-state index is 12.5. The van der Waals surface area contributed by atoms with Gasteiger partial charge in [-0.15, -0.1) is 0 Å². The molecule has 1 aromatic rings. The number of rotatable bonds is 4. The fourth-order valence-corrected chi connectivity index (χ4v) is 3.03. The minimum absolute atomic E-state index is 0.112. The summed E-state index contributed by atoms with van der Waals surface area (Å²) in [7, 11) is 1.74. The summed E-state index contributed by atoms with van der Waals surface area (Å²) in [4.78, 5) is 18.0. The lowest BCUT2D eigenvalue weighted by Gasteiger charge is -2.27. The van der Waals surface area contributed by atoms with Crippen molar-refractivity contribution in [2.75, 3.05) is 13.7 Å². The standard InChI is InChI=1S/C16H20ClF3N2O2/c1-22(12-6-4-2-3-5-7-12)15(23)11-8-13(17)14(21-9-11)24-10-16(18,19)20/h8-9,12H,2-7,10H2,1H3. The molecular formula is C16H20ClF3N2O2. The molecule has 24 heavy (non-hydrogen) atoms. The number of halogens is 4. The number of carbonyl (C=O) groups is 1. The van der Waals surface area contributed by atoms with E-state index in [9.17, 15) is 18.0 Å². The molecule has 1 aliphatic rings. The maximum atomic E-state index is 12.5. The number of alkyl halides is 3. The van der Waals surface area contributed by atoms with Gasteiger partial charge in [-0.2, -0.15) is 13.2 Å². The van der Waals surface area contributed by atoms with Gasteiger partial charge in [-0.05, 0) is 18.9 Å². The Morgan fingerprint density at radius 2 is 1.96 bits per heavy atom. The Bertz CT molecular complexity index is 573. The van der Waals surface area contributed by atoms with Gasteiger partial charge in [0.2, 0.25) is 5.88 Å². The van der Waals surface area contributed by atoms with Crippen LogP contribution in [0.3, 0.4) is 0 Å². The molecule has 1 aliphatic carbocycles. The molecule has 1 amide bonds. The summed E-state index contributed by atoms with van der Waals surface area (Å²) in [6, 6.07) is 1.47. The summed E-state index contributed by atoms with van der Waals surface area (Å²) in [5.41, 5.74) is 0.242. The molecule has 2 rings (SSSR count). The van der Waals surface area contributed by atoms with E-state index >= 15 is 0 Å². The highest BCUT2D eigenvalue weighted by Gasteiger charge is 2.29. The summed E-state index contributed by atoms with van der Waals surface area (Å²) in [6.07, 6.45) is 3.17. The van der Waals surface area contributed by atoms with Crippen molar-refractivity contribution in [1.82, 2.24) is 9.88 Å². The molecule has 0 saturated heterocycles. The molecule has 0 N–H and O–H groups in total. The molecule has 1 saturated carbocycles. The second-order valence-electron chi connectivity index (χ2n) is 5.98. The average Bonchev–Trinajstić information content (AvgIpc) is 2.80. The van der Waals surface area contributed by atoms with Crippen molar-refractivity contribution in [2.45, 2.75) is 50.7 Å². The lowest BCUT2D eigenvalue weighted by atomic mass is 10.1. The van der Waals surface area contributed by atoms with E-state index in [4.69, 9.17) is 11.6 Å². The molecule has 0 spiro atoms. The Labute approximate surface area is 143 Å². The molecule has 1 fully saturated rings. The van der Waals surface area contributed by atoms with Gasteiger partial charge in [0.25, 0.3) is 5.91 Å². The molecule has 1 aromatic heterocycles. The Kier molecular flexibility index (Phi) is 6.32. The zero-order valence-corrected chi connectivity index (χ0v) is 14.2. The summed E-state index contributed by atoms with van der Waals surface area (Å²) < 4.78 is 41.0. The molecular weight excluding hydrogens is 345 g/mol. The van der Waals surface area contributed by atoms with Crippen LogP contribution in [0.25, 0.3) is 0 Å². The Hall–Kier alpha value is -1.50. The van der Waals surface area contributed by atoms with Gasteiger partial charge in [0.15, 0.2) is 6.61 Å². The zero-order valence-electron chi connectivity index (χ0n) is 13.4. The van der Waals surface area contributed by atoms with Gasteiger partial charge in [-0.1, -0.05) is 37.3 Å². The van der Waals surface area contributed by atoms with Gasteiger partial charge in [0, 0.05) is 19.3 Å². The molecule has 0 bridgehead atoms. The Balaban J connectivity index is 2.05. The SMILES string of the molecule is CN(C(=O)c1cnc(OCC(F)(F)F)c(Cl)c1)C1CCCCCC1. The highest BCUT2D eigenvalue weighted by atomic mass is 35.5. The van der Waals surface area contributed by atoms with Crippen LogP contribution in [0.4, 0.5) is 13.2 Å². The number of amides is 1. The smallest absolute Gasteiger partial charge is 0.422 e. The van der Waals surface area contributed by atoms with E-state index < -0.39 is 12.8 Å². The molecule has 0 aliphatic heterocycles. The molecule has 8 heteroatoms. The van der Waals surface area contributed by atoms with E-state index in [0.29, 0.717) is 0 Å². The van der Waals surface area contributed by atoms with Gasteiger partial charge in [-0.25, -0.2) is 4.98 Å². The summed E-state index contributed by atoms with van der Waals surface area (Å²) in [6.45, 7) is -1.48. The number of nitrogens with zero attached hydrogens (tertiary/aromatic N) is 2. The van der Waals surface area contributed by atoms with E-state index in [-0.39, 0.29) is 28.4 Å². The number of ether oxygens (including phenoxy) is 1. The molecule has 0 unspecified atom stereocenters. The largest absolute Gasteiger partial charge is 0.467 e. The van der Waals surface area contributed by atoms with Gasteiger partial charge in [0.05, 0.1) is 5.56 Å². The normalized spacial score (nSPS) is 16.5. The number of hydrogen-bond donors (Lipinski definition) is 0. The monoisotopic (exact) mass is 364 g/mol. The van der Waals surface area contributed by atoms with Gasteiger partial charge in [0.1, 0.15) is 5.02 Å². The van der Waals surface area contributed by atoms with E-state index in [0.717, 1.165) is 25.7 Å². The lowest BCUT2D eigenvalue weighted by molar-refractivity contribution is -0.154. The van der Waals surface area contributed by atoms with Crippen LogP contribution in [0.15, 0.2) is 12.3 Å². The van der Waals surface area contributed by atoms with Crippen LogP contribution in [0.2, 0.25) is 5.02 Å². The third-order valence-corrected chi connectivity index (χ3v) is 4.39. The van der Waals surface area contributed by atoms with Crippen molar-refractivity contribution in [3.05, 3.63) is 22.8 Å². The first-order chi connectivity index (χ1) is 11.3. The van der Waals surface area contributed by atoms with Crippen molar-refractivity contribution in [2.24, 2.45) is 0 Å². The first-order valence-electron chi connectivity index (χ1n) is 7.90. The van der Waals surface area contributed by atoms with Crippen molar-refractivity contribution >= 4 is 17.5 Å². The van der Waals surface area contributed by atoms with Crippen molar-refractivity contribution < 1.29 is 22.7 Å². The topological polar surface area (TPSA) is 42.4 Å². The van der Waals surface area contributed by atoms with Crippen LogP contribution in [0.5, 0.6) is 5.88 Å². The quantitative estimate of drug-likeness (QED) is 0.740. The maximum Gasteiger partial charge on any atom is 0.422 e. The number of carbonyl (C=O) groups excluding carboxylic acids is 1. The number of aromatic nitrogens is 1. The second-order valence-corrected chi connectivity index (χ2v) is 6.38. The van der Waals surface area contributed by atoms with Gasteiger partial charge >= 0.3 is 6.18 Å². The van der Waals surface area contributed by atoms with Crippen LogP contribution in [-0.4, -0.2) is 41.7 Å². The molecule has 0 aromatic carbocycles. The lowest BCUT2D eigenvalue weighted by Crippen LogP contribution is -2.36. The second kappa shape index (κ2) is 8.05. The predicted octanol–water partition coefficient (Wildman–Crippen LogP) is 4.47.